The molecule has 1 saturated carbocycles. The van der Waals surface area contributed by atoms with Gasteiger partial charge in [-0.2, -0.15) is 0 Å². The van der Waals surface area contributed by atoms with Gasteiger partial charge in [0.15, 0.2) is 0 Å². The van der Waals surface area contributed by atoms with Crippen LogP contribution in [0.1, 0.15) is 32.1 Å². The Kier molecular flexibility index (Phi) is 4.11. The summed E-state index contributed by atoms with van der Waals surface area (Å²) in [5.41, 5.74) is -0.824. The molecule has 2 rings (SSSR count). The first-order valence-corrected chi connectivity index (χ1v) is 7.44. The van der Waals surface area contributed by atoms with Crippen molar-refractivity contribution in [2.75, 3.05) is 13.2 Å². The third kappa shape index (κ3) is 2.48. The van der Waals surface area contributed by atoms with E-state index < -0.39 is 5.60 Å². The quantitative estimate of drug-likeness (QED) is 0.833. The number of rotatable bonds is 6. The van der Waals surface area contributed by atoms with Crippen LogP contribution in [0.4, 0.5) is 0 Å². The number of ether oxygens (including phenoxy) is 1. The summed E-state index contributed by atoms with van der Waals surface area (Å²) in [5, 5.41) is 16.1. The van der Waals surface area contributed by atoms with Gasteiger partial charge in [0.05, 0.1) is 11.7 Å². The van der Waals surface area contributed by atoms with E-state index >= 15 is 0 Å². The molecule has 0 aliphatic heterocycles. The Balaban J connectivity index is 1.82. The van der Waals surface area contributed by atoms with Gasteiger partial charge in [0.2, 0.25) is 0 Å². The molecule has 1 aromatic heterocycles. The number of hydrogen-bond donors (Lipinski definition) is 2. The Morgan fingerprint density at radius 2 is 2.33 bits per heavy atom. The van der Waals surface area contributed by atoms with Gasteiger partial charge in [0.1, 0.15) is 0 Å². The molecule has 2 atom stereocenters. The highest BCUT2D eigenvalue weighted by molar-refractivity contribution is 7.09. The maximum absolute atomic E-state index is 10.6. The van der Waals surface area contributed by atoms with E-state index in [1.165, 1.54) is 4.88 Å². The molecule has 102 valence electrons. The maximum Gasteiger partial charge on any atom is 0.0871 e. The van der Waals surface area contributed by atoms with E-state index in [4.69, 9.17) is 4.74 Å². The van der Waals surface area contributed by atoms with Crippen molar-refractivity contribution >= 4 is 11.3 Å². The lowest BCUT2D eigenvalue weighted by Gasteiger charge is -2.58. The summed E-state index contributed by atoms with van der Waals surface area (Å²) in [6.07, 6.45) is 0.904. The SMILES string of the molecule is CCO[C@H]1C[C@](O)(CNCc2cccs2)C1(C)C. The van der Waals surface area contributed by atoms with E-state index in [-0.39, 0.29) is 11.5 Å². The lowest BCUT2D eigenvalue weighted by atomic mass is 9.56. The first-order valence-electron chi connectivity index (χ1n) is 6.56. The standard InChI is InChI=1S/C14H23NO2S/c1-4-17-12-8-14(16,13(12,2)3)10-15-9-11-6-5-7-18-11/h5-7,12,15-16H,4,8-10H2,1-3H3/t12-,14-/m0/s1. The third-order valence-electron chi connectivity index (χ3n) is 4.19. The summed E-state index contributed by atoms with van der Waals surface area (Å²) in [4.78, 5) is 1.30. The van der Waals surface area contributed by atoms with Gasteiger partial charge in [-0.05, 0) is 18.4 Å². The van der Waals surface area contributed by atoms with Crippen LogP contribution in [0.3, 0.4) is 0 Å². The average Bonchev–Trinajstić information content (AvgIpc) is 2.82. The van der Waals surface area contributed by atoms with Crippen LogP contribution >= 0.6 is 11.3 Å². The van der Waals surface area contributed by atoms with E-state index in [0.717, 1.165) is 13.0 Å². The van der Waals surface area contributed by atoms with Crippen LogP contribution in [0.2, 0.25) is 0 Å². The molecule has 0 radical (unpaired) electrons. The van der Waals surface area contributed by atoms with Crippen molar-refractivity contribution in [3.05, 3.63) is 22.4 Å². The lowest BCUT2D eigenvalue weighted by Crippen LogP contribution is -2.68. The predicted molar refractivity (Wildman–Crippen MR) is 74.8 cm³/mol. The molecule has 1 heterocycles. The largest absolute Gasteiger partial charge is 0.388 e. The molecular weight excluding hydrogens is 246 g/mol. The zero-order valence-electron chi connectivity index (χ0n) is 11.4. The molecule has 0 unspecified atom stereocenters. The van der Waals surface area contributed by atoms with Gasteiger partial charge in [-0.15, -0.1) is 11.3 Å². The topological polar surface area (TPSA) is 41.5 Å². The van der Waals surface area contributed by atoms with Crippen LogP contribution in [0, 0.1) is 5.41 Å². The zero-order chi connectivity index (χ0) is 13.2. The molecule has 2 N–H and O–H groups in total. The van der Waals surface area contributed by atoms with Gasteiger partial charge in [-0.25, -0.2) is 0 Å². The second-order valence-electron chi connectivity index (χ2n) is 5.58. The van der Waals surface area contributed by atoms with Crippen LogP contribution in [0.25, 0.3) is 0 Å². The number of hydrogen-bond acceptors (Lipinski definition) is 4. The molecule has 18 heavy (non-hydrogen) atoms. The first-order chi connectivity index (χ1) is 8.49. The van der Waals surface area contributed by atoms with E-state index in [9.17, 15) is 5.11 Å². The molecule has 0 aromatic carbocycles. The van der Waals surface area contributed by atoms with Crippen molar-refractivity contribution < 1.29 is 9.84 Å². The Morgan fingerprint density at radius 3 is 2.89 bits per heavy atom. The third-order valence-corrected chi connectivity index (χ3v) is 5.07. The van der Waals surface area contributed by atoms with Crippen molar-refractivity contribution in [3.63, 3.8) is 0 Å². The monoisotopic (exact) mass is 269 g/mol. The molecule has 0 bridgehead atoms. The maximum atomic E-state index is 10.6. The smallest absolute Gasteiger partial charge is 0.0871 e. The minimum Gasteiger partial charge on any atom is -0.388 e. The molecule has 0 amide bonds. The summed E-state index contributed by atoms with van der Waals surface area (Å²) in [6, 6.07) is 4.16. The highest BCUT2D eigenvalue weighted by atomic mass is 32.1. The van der Waals surface area contributed by atoms with Crippen LogP contribution < -0.4 is 5.32 Å². The normalized spacial score (nSPS) is 30.1. The number of thiophene rings is 1. The Morgan fingerprint density at radius 1 is 1.56 bits per heavy atom. The molecule has 3 nitrogen and oxygen atoms in total. The highest BCUT2D eigenvalue weighted by Gasteiger charge is 2.59. The molecule has 0 saturated heterocycles. The van der Waals surface area contributed by atoms with Gasteiger partial charge >= 0.3 is 0 Å². The molecule has 1 aliphatic carbocycles. The fraction of sp³-hybridized carbons (Fsp3) is 0.714. The van der Waals surface area contributed by atoms with E-state index in [1.54, 1.807) is 11.3 Å². The lowest BCUT2D eigenvalue weighted by molar-refractivity contribution is -0.238. The van der Waals surface area contributed by atoms with Crippen molar-refractivity contribution in [1.82, 2.24) is 5.32 Å². The molecule has 4 heteroatoms. The van der Waals surface area contributed by atoms with Crippen molar-refractivity contribution in [2.24, 2.45) is 5.41 Å². The Hall–Kier alpha value is -0.420. The van der Waals surface area contributed by atoms with Crippen LogP contribution in [-0.4, -0.2) is 30.0 Å². The summed E-state index contributed by atoms with van der Waals surface area (Å²) < 4.78 is 5.66. The average molecular weight is 269 g/mol. The van der Waals surface area contributed by atoms with Crippen molar-refractivity contribution in [1.29, 1.82) is 0 Å². The van der Waals surface area contributed by atoms with Gasteiger partial charge in [-0.1, -0.05) is 19.9 Å². The fourth-order valence-corrected chi connectivity index (χ4v) is 3.24. The zero-order valence-corrected chi connectivity index (χ0v) is 12.2. The molecule has 1 fully saturated rings. The fourth-order valence-electron chi connectivity index (χ4n) is 2.57. The van der Waals surface area contributed by atoms with Gasteiger partial charge in [0.25, 0.3) is 0 Å². The van der Waals surface area contributed by atoms with Crippen LogP contribution in [0.5, 0.6) is 0 Å². The highest BCUT2D eigenvalue weighted by Crippen LogP contribution is 2.50. The first kappa shape index (κ1) is 14.0. The summed E-state index contributed by atoms with van der Waals surface area (Å²) >= 11 is 1.74. The molecule has 1 aliphatic rings. The molecule has 0 spiro atoms. The molecular formula is C14H23NO2S. The Labute approximate surface area is 113 Å². The second kappa shape index (κ2) is 5.29. The minimum absolute atomic E-state index is 0.175. The van der Waals surface area contributed by atoms with E-state index in [0.29, 0.717) is 13.2 Å². The van der Waals surface area contributed by atoms with Gasteiger partial charge in [-0.3, -0.25) is 0 Å². The summed E-state index contributed by atoms with van der Waals surface area (Å²) in [6.45, 7) is 8.35. The van der Waals surface area contributed by atoms with E-state index in [2.05, 4.69) is 36.7 Å². The van der Waals surface area contributed by atoms with E-state index in [1.807, 2.05) is 6.92 Å². The van der Waals surface area contributed by atoms with Crippen LogP contribution in [-0.2, 0) is 11.3 Å². The van der Waals surface area contributed by atoms with Gasteiger partial charge in [0, 0.05) is 36.4 Å². The van der Waals surface area contributed by atoms with Crippen molar-refractivity contribution in [3.8, 4) is 0 Å². The van der Waals surface area contributed by atoms with Crippen molar-refractivity contribution in [2.45, 2.75) is 45.4 Å². The van der Waals surface area contributed by atoms with Crippen LogP contribution in [0.15, 0.2) is 17.5 Å². The molecule has 1 aromatic rings. The second-order valence-corrected chi connectivity index (χ2v) is 6.62. The summed E-state index contributed by atoms with van der Waals surface area (Å²) in [5.74, 6) is 0. The number of nitrogens with one attached hydrogen (secondary N) is 1. The number of aliphatic hydroxyl groups is 1. The Bertz CT molecular complexity index is 377. The minimum atomic E-state index is -0.649. The van der Waals surface area contributed by atoms with Gasteiger partial charge < -0.3 is 15.2 Å². The predicted octanol–water partition coefficient (Wildman–Crippen LogP) is 2.40. The summed E-state index contributed by atoms with van der Waals surface area (Å²) in [7, 11) is 0.